The van der Waals surface area contributed by atoms with E-state index in [4.69, 9.17) is 5.73 Å². The van der Waals surface area contributed by atoms with E-state index in [1.165, 1.54) is 0 Å². The number of nitrogens with two attached hydrogens (primary N) is 1. The van der Waals surface area contributed by atoms with E-state index in [1.807, 2.05) is 24.7 Å². The van der Waals surface area contributed by atoms with Gasteiger partial charge in [-0.05, 0) is 20.3 Å². The standard InChI is InChI=1S/C11H16N6/c1-7-10(12)6-17(15-7)9-3-4-11-14-13-8(2)16(11)5-9/h6,9H,3-5,12H2,1-2H3. The zero-order valence-corrected chi connectivity index (χ0v) is 10.1. The van der Waals surface area contributed by atoms with E-state index in [0.717, 1.165) is 42.4 Å². The molecule has 0 saturated heterocycles. The highest BCUT2D eigenvalue weighted by atomic mass is 15.3. The van der Waals surface area contributed by atoms with Crippen LogP contribution in [0.15, 0.2) is 6.20 Å². The lowest BCUT2D eigenvalue weighted by molar-refractivity contribution is 0.330. The average molecular weight is 232 g/mol. The van der Waals surface area contributed by atoms with Crippen LogP contribution < -0.4 is 5.73 Å². The van der Waals surface area contributed by atoms with E-state index in [0.29, 0.717) is 6.04 Å². The van der Waals surface area contributed by atoms with Gasteiger partial charge in [-0.1, -0.05) is 0 Å². The normalized spacial score (nSPS) is 19.3. The third-order valence-electron chi connectivity index (χ3n) is 3.44. The molecule has 2 N–H and O–H groups in total. The molecule has 3 rings (SSSR count). The second-order valence-electron chi connectivity index (χ2n) is 4.62. The molecule has 2 aromatic rings. The van der Waals surface area contributed by atoms with Crippen molar-refractivity contribution < 1.29 is 0 Å². The number of aromatic nitrogens is 5. The van der Waals surface area contributed by atoms with Crippen LogP contribution in [0.3, 0.4) is 0 Å². The molecule has 1 aliphatic heterocycles. The Morgan fingerprint density at radius 3 is 2.88 bits per heavy atom. The summed E-state index contributed by atoms with van der Waals surface area (Å²) < 4.78 is 4.15. The quantitative estimate of drug-likeness (QED) is 0.791. The molecule has 6 heteroatoms. The van der Waals surface area contributed by atoms with Gasteiger partial charge in [-0.15, -0.1) is 10.2 Å². The highest BCUT2D eigenvalue weighted by molar-refractivity contribution is 5.39. The lowest BCUT2D eigenvalue weighted by atomic mass is 10.1. The maximum absolute atomic E-state index is 5.84. The number of rotatable bonds is 1. The molecular weight excluding hydrogens is 216 g/mol. The van der Waals surface area contributed by atoms with Gasteiger partial charge in [0.25, 0.3) is 0 Å². The van der Waals surface area contributed by atoms with Crippen molar-refractivity contribution in [3.63, 3.8) is 0 Å². The minimum absolute atomic E-state index is 0.355. The molecule has 0 fully saturated rings. The Hall–Kier alpha value is -1.85. The number of aryl methyl sites for hydroxylation is 3. The molecular formula is C11H16N6. The molecule has 2 aromatic heterocycles. The summed E-state index contributed by atoms with van der Waals surface area (Å²) in [5.74, 6) is 2.05. The van der Waals surface area contributed by atoms with Gasteiger partial charge in [0.1, 0.15) is 11.6 Å². The molecule has 0 bridgehead atoms. The van der Waals surface area contributed by atoms with Crippen LogP contribution in [-0.4, -0.2) is 24.5 Å². The average Bonchev–Trinajstić information content (AvgIpc) is 2.84. The predicted molar refractivity (Wildman–Crippen MR) is 63.5 cm³/mol. The molecule has 90 valence electrons. The third-order valence-corrected chi connectivity index (χ3v) is 3.44. The number of hydrogen-bond donors (Lipinski definition) is 1. The van der Waals surface area contributed by atoms with E-state index in [1.54, 1.807) is 0 Å². The van der Waals surface area contributed by atoms with Crippen molar-refractivity contribution >= 4 is 5.69 Å². The fourth-order valence-electron chi connectivity index (χ4n) is 2.34. The number of nitrogens with zero attached hydrogens (tertiary/aromatic N) is 5. The van der Waals surface area contributed by atoms with Crippen LogP contribution in [0.4, 0.5) is 5.69 Å². The van der Waals surface area contributed by atoms with E-state index < -0.39 is 0 Å². The van der Waals surface area contributed by atoms with Crippen molar-refractivity contribution in [2.24, 2.45) is 0 Å². The van der Waals surface area contributed by atoms with Crippen LogP contribution in [0.5, 0.6) is 0 Å². The summed E-state index contributed by atoms with van der Waals surface area (Å²) in [6, 6.07) is 0.355. The Bertz CT molecular complexity index is 533. The number of hydrogen-bond acceptors (Lipinski definition) is 4. The van der Waals surface area contributed by atoms with E-state index in [-0.39, 0.29) is 0 Å². The highest BCUT2D eigenvalue weighted by Crippen LogP contribution is 2.24. The van der Waals surface area contributed by atoms with Crippen LogP contribution in [0.1, 0.15) is 29.8 Å². The Balaban J connectivity index is 1.91. The van der Waals surface area contributed by atoms with Crippen LogP contribution in [0.2, 0.25) is 0 Å². The Morgan fingerprint density at radius 2 is 2.18 bits per heavy atom. The summed E-state index contributed by atoms with van der Waals surface area (Å²) >= 11 is 0. The minimum Gasteiger partial charge on any atom is -0.396 e. The van der Waals surface area contributed by atoms with E-state index >= 15 is 0 Å². The van der Waals surface area contributed by atoms with Crippen LogP contribution >= 0.6 is 0 Å². The lowest BCUT2D eigenvalue weighted by Gasteiger charge is -2.24. The molecule has 0 aromatic carbocycles. The van der Waals surface area contributed by atoms with Gasteiger partial charge in [0.2, 0.25) is 0 Å². The van der Waals surface area contributed by atoms with Crippen molar-refractivity contribution in [1.82, 2.24) is 24.5 Å². The molecule has 0 radical (unpaired) electrons. The van der Waals surface area contributed by atoms with Crippen molar-refractivity contribution in [2.45, 2.75) is 39.3 Å². The number of anilines is 1. The van der Waals surface area contributed by atoms with Crippen LogP contribution in [0, 0.1) is 13.8 Å². The maximum Gasteiger partial charge on any atom is 0.133 e. The molecule has 0 spiro atoms. The topological polar surface area (TPSA) is 74.5 Å². The fraction of sp³-hybridized carbons (Fsp3) is 0.545. The first-order chi connectivity index (χ1) is 8.15. The monoisotopic (exact) mass is 232 g/mol. The third kappa shape index (κ3) is 1.60. The van der Waals surface area contributed by atoms with E-state index in [2.05, 4.69) is 19.9 Å². The second-order valence-corrected chi connectivity index (χ2v) is 4.62. The zero-order chi connectivity index (χ0) is 12.0. The summed E-state index contributed by atoms with van der Waals surface area (Å²) in [6.07, 6.45) is 3.91. The van der Waals surface area contributed by atoms with Crippen molar-refractivity contribution in [2.75, 3.05) is 5.73 Å². The molecule has 0 amide bonds. The van der Waals surface area contributed by atoms with Crippen molar-refractivity contribution in [3.05, 3.63) is 23.5 Å². The SMILES string of the molecule is Cc1nn(C2CCc3nnc(C)n3C2)cc1N. The summed E-state index contributed by atoms with van der Waals surface area (Å²) in [5, 5.41) is 12.7. The van der Waals surface area contributed by atoms with Gasteiger partial charge in [-0.3, -0.25) is 4.68 Å². The Labute approximate surface area is 99.4 Å². The smallest absolute Gasteiger partial charge is 0.133 e. The maximum atomic E-state index is 5.84. The van der Waals surface area contributed by atoms with Gasteiger partial charge in [-0.2, -0.15) is 5.10 Å². The number of nitrogen functional groups attached to an aromatic ring is 1. The zero-order valence-electron chi connectivity index (χ0n) is 10.1. The molecule has 1 atom stereocenters. The largest absolute Gasteiger partial charge is 0.396 e. The van der Waals surface area contributed by atoms with Crippen molar-refractivity contribution in [3.8, 4) is 0 Å². The van der Waals surface area contributed by atoms with Crippen LogP contribution in [-0.2, 0) is 13.0 Å². The summed E-state index contributed by atoms with van der Waals surface area (Å²) in [7, 11) is 0. The van der Waals surface area contributed by atoms with Gasteiger partial charge < -0.3 is 10.3 Å². The molecule has 17 heavy (non-hydrogen) atoms. The molecule has 0 aliphatic carbocycles. The molecule has 3 heterocycles. The van der Waals surface area contributed by atoms with Gasteiger partial charge in [0, 0.05) is 19.2 Å². The fourth-order valence-corrected chi connectivity index (χ4v) is 2.34. The van der Waals surface area contributed by atoms with E-state index in [9.17, 15) is 0 Å². The van der Waals surface area contributed by atoms with Gasteiger partial charge in [-0.25, -0.2) is 0 Å². The molecule has 1 unspecified atom stereocenters. The second kappa shape index (κ2) is 3.58. The molecule has 6 nitrogen and oxygen atoms in total. The van der Waals surface area contributed by atoms with Gasteiger partial charge in [0.15, 0.2) is 0 Å². The first-order valence-corrected chi connectivity index (χ1v) is 5.85. The predicted octanol–water partition coefficient (Wildman–Crippen LogP) is 0.861. The van der Waals surface area contributed by atoms with Crippen LogP contribution in [0.25, 0.3) is 0 Å². The van der Waals surface area contributed by atoms with Gasteiger partial charge >= 0.3 is 0 Å². The molecule has 1 aliphatic rings. The summed E-state index contributed by atoms with van der Waals surface area (Å²) in [5.41, 5.74) is 7.50. The van der Waals surface area contributed by atoms with Crippen molar-refractivity contribution in [1.29, 1.82) is 0 Å². The minimum atomic E-state index is 0.355. The summed E-state index contributed by atoms with van der Waals surface area (Å²) in [4.78, 5) is 0. The molecule has 0 saturated carbocycles. The lowest BCUT2D eigenvalue weighted by Crippen LogP contribution is -2.24. The highest BCUT2D eigenvalue weighted by Gasteiger charge is 2.23. The van der Waals surface area contributed by atoms with Gasteiger partial charge in [0.05, 0.1) is 17.4 Å². The summed E-state index contributed by atoms with van der Waals surface area (Å²) in [6.45, 7) is 4.81. The Kier molecular flexibility index (Phi) is 2.17. The Morgan fingerprint density at radius 1 is 1.35 bits per heavy atom. The first kappa shape index (κ1) is 10.3. The number of fused-ring (bicyclic) bond motifs is 1. The first-order valence-electron chi connectivity index (χ1n) is 5.85.